The smallest absolute Gasteiger partial charge is 0.216 e. The number of ether oxygens (including phenoxy) is 2. The van der Waals surface area contributed by atoms with Crippen molar-refractivity contribution in [3.8, 4) is 11.8 Å². The van der Waals surface area contributed by atoms with E-state index >= 15 is 0 Å². The summed E-state index contributed by atoms with van der Waals surface area (Å²) in [6.45, 7) is 2.25. The molecule has 3 rings (SSSR count). The third-order valence-corrected chi connectivity index (χ3v) is 4.82. The molecule has 0 amide bonds. The Morgan fingerprint density at radius 3 is 2.27 bits per heavy atom. The first-order chi connectivity index (χ1) is 10.5. The summed E-state index contributed by atoms with van der Waals surface area (Å²) in [6.07, 6.45) is 2.02. The van der Waals surface area contributed by atoms with Crippen molar-refractivity contribution in [3.63, 3.8) is 0 Å². The number of pyridine rings is 1. The van der Waals surface area contributed by atoms with Crippen LogP contribution in [-0.4, -0.2) is 34.0 Å². The van der Waals surface area contributed by atoms with Crippen LogP contribution in [0.2, 0.25) is 0 Å². The summed E-state index contributed by atoms with van der Waals surface area (Å²) in [5.41, 5.74) is 0.928. The normalized spacial score (nSPS) is 23.9. The third-order valence-electron chi connectivity index (χ3n) is 4.45. The maximum Gasteiger partial charge on any atom is 0.216 e. The fourth-order valence-electron chi connectivity index (χ4n) is 3.42. The van der Waals surface area contributed by atoms with Gasteiger partial charge in [-0.3, -0.25) is 5.10 Å². The number of methoxy groups -OCH3 is 2. The van der Waals surface area contributed by atoms with Crippen LogP contribution < -0.4 is 9.47 Å². The first-order valence-corrected chi connectivity index (χ1v) is 7.63. The Bertz CT molecular complexity index is 724. The van der Waals surface area contributed by atoms with Gasteiger partial charge in [-0.2, -0.15) is 10.1 Å². The zero-order chi connectivity index (χ0) is 15.9. The molecule has 0 bridgehead atoms. The average Bonchev–Trinajstić information content (AvgIpc) is 2.83. The van der Waals surface area contributed by atoms with Crippen molar-refractivity contribution in [1.82, 2.24) is 19.7 Å². The average molecular weight is 320 g/mol. The number of nitrogens with one attached hydrogen (secondary N) is 1. The first-order valence-electron chi connectivity index (χ1n) is 7.22. The van der Waals surface area contributed by atoms with Crippen LogP contribution in [0.4, 0.5) is 0 Å². The van der Waals surface area contributed by atoms with Crippen LogP contribution in [0.15, 0.2) is 12.1 Å². The van der Waals surface area contributed by atoms with Gasteiger partial charge >= 0.3 is 0 Å². The van der Waals surface area contributed by atoms with Crippen molar-refractivity contribution < 1.29 is 9.47 Å². The number of hydrogen-bond donors (Lipinski definition) is 1. The monoisotopic (exact) mass is 320 g/mol. The number of aromatic amines is 1. The highest BCUT2D eigenvalue weighted by molar-refractivity contribution is 7.71. The molecule has 0 unspecified atom stereocenters. The zero-order valence-corrected chi connectivity index (χ0v) is 14.0. The summed E-state index contributed by atoms with van der Waals surface area (Å²) in [5.74, 6) is 2.68. The van der Waals surface area contributed by atoms with Gasteiger partial charge in [0.05, 0.1) is 19.6 Å². The van der Waals surface area contributed by atoms with Crippen molar-refractivity contribution >= 4 is 12.2 Å². The Kier molecular flexibility index (Phi) is 3.68. The van der Waals surface area contributed by atoms with Gasteiger partial charge in [0.2, 0.25) is 11.8 Å². The molecule has 118 valence electrons. The number of H-pyrrole nitrogens is 1. The molecule has 0 aromatic carbocycles. The van der Waals surface area contributed by atoms with Gasteiger partial charge in [-0.05, 0) is 36.5 Å². The Hall–Kier alpha value is -1.89. The van der Waals surface area contributed by atoms with Crippen LogP contribution in [0.3, 0.4) is 0 Å². The predicted octanol–water partition coefficient (Wildman–Crippen LogP) is 2.61. The second-order valence-electron chi connectivity index (χ2n) is 5.95. The lowest BCUT2D eigenvalue weighted by molar-refractivity contribution is 0.184. The maximum absolute atomic E-state index is 5.31. The molecule has 0 radical (unpaired) electrons. The van der Waals surface area contributed by atoms with Crippen LogP contribution in [0.5, 0.6) is 11.8 Å². The fourth-order valence-corrected chi connectivity index (χ4v) is 3.55. The molecule has 2 aromatic heterocycles. The van der Waals surface area contributed by atoms with E-state index in [1.807, 2.05) is 23.7 Å². The molecule has 0 spiro atoms. The number of rotatable bonds is 4. The van der Waals surface area contributed by atoms with Gasteiger partial charge < -0.3 is 14.0 Å². The predicted molar refractivity (Wildman–Crippen MR) is 84.9 cm³/mol. The van der Waals surface area contributed by atoms with Crippen LogP contribution in [0.25, 0.3) is 0 Å². The van der Waals surface area contributed by atoms with Gasteiger partial charge in [-0.15, -0.1) is 0 Å². The second kappa shape index (κ2) is 5.39. The van der Waals surface area contributed by atoms with E-state index < -0.39 is 0 Å². The van der Waals surface area contributed by atoms with E-state index in [0.29, 0.717) is 22.4 Å². The van der Waals surface area contributed by atoms with E-state index in [1.165, 1.54) is 0 Å². The highest BCUT2D eigenvalue weighted by Gasteiger charge is 2.48. The number of aromatic nitrogens is 4. The van der Waals surface area contributed by atoms with Gasteiger partial charge in [-0.25, -0.2) is 0 Å². The Balaban J connectivity index is 2.16. The molecule has 0 saturated heterocycles. The van der Waals surface area contributed by atoms with Crippen molar-refractivity contribution in [2.24, 2.45) is 13.0 Å². The summed E-state index contributed by atoms with van der Waals surface area (Å²) < 4.78 is 13.2. The molecular weight excluding hydrogens is 300 g/mol. The summed E-state index contributed by atoms with van der Waals surface area (Å²) in [5, 5.41) is 7.37. The lowest BCUT2D eigenvalue weighted by Gasteiger charge is -2.46. The van der Waals surface area contributed by atoms with Crippen LogP contribution >= 0.6 is 12.2 Å². The third kappa shape index (κ3) is 2.20. The molecule has 2 heterocycles. The molecular formula is C15H20N4O2S. The molecule has 1 aliphatic rings. The second-order valence-corrected chi connectivity index (χ2v) is 6.33. The molecule has 7 heteroatoms. The standard InChI is InChI=1S/C15H20N4O2S/c1-9-7-15(8-9,13-17-18-14(22)19(13)2)10-5-11(20-3)16-12(6-10)21-4/h5-6,9H,7-8H2,1-4H3,(H,18,22). The minimum Gasteiger partial charge on any atom is -0.481 e. The molecule has 1 fully saturated rings. The van der Waals surface area contributed by atoms with Gasteiger partial charge in [0.1, 0.15) is 5.82 Å². The Morgan fingerprint density at radius 1 is 1.27 bits per heavy atom. The van der Waals surface area contributed by atoms with Crippen molar-refractivity contribution in [3.05, 3.63) is 28.3 Å². The lowest BCUT2D eigenvalue weighted by Crippen LogP contribution is -2.43. The van der Waals surface area contributed by atoms with Crippen LogP contribution in [-0.2, 0) is 12.5 Å². The molecule has 6 nitrogen and oxygen atoms in total. The fraction of sp³-hybridized carbons (Fsp3) is 0.533. The lowest BCUT2D eigenvalue weighted by atomic mass is 9.58. The molecule has 1 saturated carbocycles. The van der Waals surface area contributed by atoms with E-state index in [2.05, 4.69) is 22.1 Å². The number of hydrogen-bond acceptors (Lipinski definition) is 5. The maximum atomic E-state index is 5.31. The van der Waals surface area contributed by atoms with E-state index in [0.717, 1.165) is 24.2 Å². The molecule has 1 N–H and O–H groups in total. The van der Waals surface area contributed by atoms with Gasteiger partial charge in [0, 0.05) is 19.2 Å². The highest BCUT2D eigenvalue weighted by atomic mass is 32.1. The minimum atomic E-state index is -0.175. The van der Waals surface area contributed by atoms with Crippen molar-refractivity contribution in [1.29, 1.82) is 0 Å². The topological polar surface area (TPSA) is 65.0 Å². The number of nitrogens with zero attached hydrogens (tertiary/aromatic N) is 3. The molecule has 0 atom stereocenters. The van der Waals surface area contributed by atoms with E-state index in [1.54, 1.807) is 14.2 Å². The summed E-state index contributed by atoms with van der Waals surface area (Å²) in [7, 11) is 5.16. The quantitative estimate of drug-likeness (QED) is 0.877. The summed E-state index contributed by atoms with van der Waals surface area (Å²) >= 11 is 5.27. The zero-order valence-electron chi connectivity index (χ0n) is 13.2. The highest BCUT2D eigenvalue weighted by Crippen LogP contribution is 2.52. The summed E-state index contributed by atoms with van der Waals surface area (Å²) in [4.78, 5) is 4.28. The molecule has 22 heavy (non-hydrogen) atoms. The summed E-state index contributed by atoms with van der Waals surface area (Å²) in [6, 6.07) is 3.93. The van der Waals surface area contributed by atoms with Crippen molar-refractivity contribution in [2.45, 2.75) is 25.2 Å². The van der Waals surface area contributed by atoms with E-state index in [4.69, 9.17) is 21.7 Å². The largest absolute Gasteiger partial charge is 0.481 e. The molecule has 2 aromatic rings. The van der Waals surface area contributed by atoms with Gasteiger partial charge in [-0.1, -0.05) is 6.92 Å². The van der Waals surface area contributed by atoms with Gasteiger partial charge in [0.15, 0.2) is 4.77 Å². The SMILES string of the molecule is COc1cc(C2(c3n[nH]c(=S)n3C)CC(C)C2)cc(OC)n1. The first kappa shape index (κ1) is 15.0. The van der Waals surface area contributed by atoms with Crippen LogP contribution in [0, 0.1) is 10.7 Å². The van der Waals surface area contributed by atoms with Crippen molar-refractivity contribution in [2.75, 3.05) is 14.2 Å². The van der Waals surface area contributed by atoms with E-state index in [9.17, 15) is 0 Å². The van der Waals surface area contributed by atoms with E-state index in [-0.39, 0.29) is 5.41 Å². The molecule has 1 aliphatic carbocycles. The van der Waals surface area contributed by atoms with Gasteiger partial charge in [0.25, 0.3) is 0 Å². The Labute approximate surface area is 134 Å². The minimum absolute atomic E-state index is 0.175. The Morgan fingerprint density at radius 2 is 1.86 bits per heavy atom. The molecule has 0 aliphatic heterocycles. The van der Waals surface area contributed by atoms with Crippen LogP contribution in [0.1, 0.15) is 31.2 Å².